The van der Waals surface area contributed by atoms with Gasteiger partial charge in [0.2, 0.25) is 5.91 Å². The summed E-state index contributed by atoms with van der Waals surface area (Å²) in [7, 11) is 2.95. The molecule has 0 saturated heterocycles. The van der Waals surface area contributed by atoms with Crippen LogP contribution < -0.4 is 16.0 Å². The lowest BCUT2D eigenvalue weighted by atomic mass is 9.90. The number of nitrogens with one attached hydrogen (secondary N) is 3. The van der Waals surface area contributed by atoms with E-state index < -0.39 is 11.8 Å². The number of carbonyl (C=O) groups is 2. The Balaban J connectivity index is 1.95. The molecule has 3 N–H and O–H groups in total. The van der Waals surface area contributed by atoms with Gasteiger partial charge in [-0.3, -0.25) is 9.59 Å². The quantitative estimate of drug-likeness (QED) is 0.264. The lowest BCUT2D eigenvalue weighted by Gasteiger charge is -2.25. The zero-order chi connectivity index (χ0) is 23.7. The fourth-order valence-electron chi connectivity index (χ4n) is 3.64. The molecule has 2 aromatic rings. The average molecular weight is 456 g/mol. The van der Waals surface area contributed by atoms with Crippen molar-refractivity contribution in [3.05, 3.63) is 71.8 Å². The molecule has 7 nitrogen and oxygen atoms in total. The van der Waals surface area contributed by atoms with Crippen LogP contribution in [-0.2, 0) is 31.9 Å². The molecular formula is C26H37N3O4. The Kier molecular flexibility index (Phi) is 12.8. The first-order valence-corrected chi connectivity index (χ1v) is 11.5. The molecule has 0 aliphatic heterocycles. The van der Waals surface area contributed by atoms with Crippen LogP contribution in [0.4, 0.5) is 0 Å². The summed E-state index contributed by atoms with van der Waals surface area (Å²) in [6.45, 7) is 2.97. The van der Waals surface area contributed by atoms with Crippen molar-refractivity contribution in [2.75, 3.05) is 53.6 Å². The summed E-state index contributed by atoms with van der Waals surface area (Å²) in [5.41, 5.74) is 2.44. The highest BCUT2D eigenvalue weighted by molar-refractivity contribution is 5.85. The lowest BCUT2D eigenvalue weighted by Crippen LogP contribution is -2.48. The molecule has 0 heterocycles. The van der Waals surface area contributed by atoms with Gasteiger partial charge in [-0.05, 0) is 37.1 Å². The maximum atomic E-state index is 13.0. The second-order valence-electron chi connectivity index (χ2n) is 7.90. The summed E-state index contributed by atoms with van der Waals surface area (Å²) in [6, 6.07) is 20.3. The van der Waals surface area contributed by atoms with Crippen LogP contribution >= 0.6 is 0 Å². The van der Waals surface area contributed by atoms with Crippen molar-refractivity contribution in [2.24, 2.45) is 11.8 Å². The number of hydrogen-bond donors (Lipinski definition) is 3. The summed E-state index contributed by atoms with van der Waals surface area (Å²) < 4.78 is 10.1. The van der Waals surface area contributed by atoms with Crippen LogP contribution in [0.1, 0.15) is 11.1 Å². The molecular weight excluding hydrogens is 418 g/mol. The highest BCUT2D eigenvalue weighted by Crippen LogP contribution is 2.14. The van der Waals surface area contributed by atoms with Crippen LogP contribution in [0.3, 0.4) is 0 Å². The van der Waals surface area contributed by atoms with Crippen LogP contribution in [0, 0.1) is 11.8 Å². The second kappa shape index (κ2) is 16.0. The molecule has 0 aliphatic carbocycles. The standard InChI is InChI=1S/C26H37N3O4/c1-32-18-17-29-25(30)23(19-27-15-13-21-9-5-3-6-10-21)24(26(31)33-2)20-28-16-14-22-11-7-4-8-12-22/h3-12,23-24,27-28H,13-20H2,1-2H3,(H,29,30). The van der Waals surface area contributed by atoms with Gasteiger partial charge in [0.05, 0.1) is 25.6 Å². The van der Waals surface area contributed by atoms with E-state index in [0.29, 0.717) is 39.3 Å². The fourth-order valence-corrected chi connectivity index (χ4v) is 3.64. The number of benzene rings is 2. The smallest absolute Gasteiger partial charge is 0.310 e. The second-order valence-corrected chi connectivity index (χ2v) is 7.90. The molecule has 0 aromatic heterocycles. The van der Waals surface area contributed by atoms with Crippen molar-refractivity contribution in [1.82, 2.24) is 16.0 Å². The number of amides is 1. The predicted molar refractivity (Wildman–Crippen MR) is 130 cm³/mol. The van der Waals surface area contributed by atoms with Gasteiger partial charge in [-0.25, -0.2) is 0 Å². The molecule has 2 aromatic carbocycles. The third kappa shape index (κ3) is 10.2. The third-order valence-corrected chi connectivity index (χ3v) is 5.53. The van der Waals surface area contributed by atoms with E-state index in [2.05, 4.69) is 40.2 Å². The molecule has 180 valence electrons. The molecule has 1 amide bonds. The average Bonchev–Trinajstić information content (AvgIpc) is 2.85. The van der Waals surface area contributed by atoms with E-state index >= 15 is 0 Å². The normalized spacial score (nSPS) is 12.7. The van der Waals surface area contributed by atoms with E-state index in [9.17, 15) is 9.59 Å². The van der Waals surface area contributed by atoms with Crippen LogP contribution in [0.25, 0.3) is 0 Å². The Morgan fingerprint density at radius 1 is 0.758 bits per heavy atom. The molecule has 2 atom stereocenters. The number of carbonyl (C=O) groups excluding carboxylic acids is 2. The van der Waals surface area contributed by atoms with E-state index in [-0.39, 0.29) is 11.9 Å². The van der Waals surface area contributed by atoms with Crippen molar-refractivity contribution in [3.63, 3.8) is 0 Å². The summed E-state index contributed by atoms with van der Waals surface area (Å²) in [6.07, 6.45) is 1.69. The van der Waals surface area contributed by atoms with Gasteiger partial charge in [-0.15, -0.1) is 0 Å². The molecule has 0 saturated carbocycles. The Bertz CT molecular complexity index is 802. The third-order valence-electron chi connectivity index (χ3n) is 5.53. The highest BCUT2D eigenvalue weighted by atomic mass is 16.5. The SMILES string of the molecule is COCCNC(=O)C(CNCCc1ccccc1)C(CNCCc1ccccc1)C(=O)OC. The number of methoxy groups -OCH3 is 2. The maximum absolute atomic E-state index is 13.0. The minimum atomic E-state index is -0.599. The van der Waals surface area contributed by atoms with E-state index in [1.54, 1.807) is 7.11 Å². The number of rotatable bonds is 16. The van der Waals surface area contributed by atoms with Crippen LogP contribution in [0.15, 0.2) is 60.7 Å². The minimum absolute atomic E-state index is 0.181. The number of esters is 1. The number of hydrogen-bond acceptors (Lipinski definition) is 6. The summed E-state index contributed by atoms with van der Waals surface area (Å²) in [5, 5.41) is 9.57. The molecule has 7 heteroatoms. The molecule has 2 rings (SSSR count). The topological polar surface area (TPSA) is 88.7 Å². The largest absolute Gasteiger partial charge is 0.469 e. The Morgan fingerprint density at radius 2 is 1.27 bits per heavy atom. The van der Waals surface area contributed by atoms with Gasteiger partial charge >= 0.3 is 5.97 Å². The van der Waals surface area contributed by atoms with Crippen LogP contribution in [-0.4, -0.2) is 65.4 Å². The first-order valence-electron chi connectivity index (χ1n) is 11.5. The first kappa shape index (κ1) is 26.5. The van der Waals surface area contributed by atoms with Gasteiger partial charge in [0.25, 0.3) is 0 Å². The Labute approximate surface area is 197 Å². The monoisotopic (exact) mass is 455 g/mol. The van der Waals surface area contributed by atoms with Crippen molar-refractivity contribution >= 4 is 11.9 Å². The Morgan fingerprint density at radius 3 is 1.76 bits per heavy atom. The summed E-state index contributed by atoms with van der Waals surface area (Å²) in [4.78, 5) is 25.6. The van der Waals surface area contributed by atoms with Gasteiger partial charge in [-0.1, -0.05) is 60.7 Å². The van der Waals surface area contributed by atoms with E-state index in [4.69, 9.17) is 9.47 Å². The first-order chi connectivity index (χ1) is 16.2. The lowest BCUT2D eigenvalue weighted by molar-refractivity contribution is -0.150. The van der Waals surface area contributed by atoms with Crippen molar-refractivity contribution in [2.45, 2.75) is 12.8 Å². The molecule has 0 spiro atoms. The number of ether oxygens (including phenoxy) is 2. The summed E-state index contributed by atoms with van der Waals surface area (Å²) >= 11 is 0. The molecule has 0 fully saturated rings. The van der Waals surface area contributed by atoms with Gasteiger partial charge < -0.3 is 25.4 Å². The molecule has 2 unspecified atom stereocenters. The van der Waals surface area contributed by atoms with Crippen molar-refractivity contribution < 1.29 is 19.1 Å². The fraction of sp³-hybridized carbons (Fsp3) is 0.462. The zero-order valence-corrected chi connectivity index (χ0v) is 19.7. The Hall–Kier alpha value is -2.74. The van der Waals surface area contributed by atoms with Gasteiger partial charge in [0, 0.05) is 26.7 Å². The maximum Gasteiger partial charge on any atom is 0.310 e. The van der Waals surface area contributed by atoms with Gasteiger partial charge in [0.15, 0.2) is 0 Å². The minimum Gasteiger partial charge on any atom is -0.469 e. The van der Waals surface area contributed by atoms with Gasteiger partial charge in [-0.2, -0.15) is 0 Å². The van der Waals surface area contributed by atoms with Crippen molar-refractivity contribution in [3.8, 4) is 0 Å². The van der Waals surface area contributed by atoms with E-state index in [1.807, 2.05) is 36.4 Å². The van der Waals surface area contributed by atoms with Crippen LogP contribution in [0.2, 0.25) is 0 Å². The molecule has 33 heavy (non-hydrogen) atoms. The molecule has 0 bridgehead atoms. The van der Waals surface area contributed by atoms with Crippen molar-refractivity contribution in [1.29, 1.82) is 0 Å². The summed E-state index contributed by atoms with van der Waals surface area (Å²) in [5.74, 6) is -1.73. The van der Waals surface area contributed by atoms with E-state index in [0.717, 1.165) is 12.8 Å². The highest BCUT2D eigenvalue weighted by Gasteiger charge is 2.34. The van der Waals surface area contributed by atoms with Crippen LogP contribution in [0.5, 0.6) is 0 Å². The van der Waals surface area contributed by atoms with E-state index in [1.165, 1.54) is 18.2 Å². The van der Waals surface area contributed by atoms with Gasteiger partial charge in [0.1, 0.15) is 0 Å². The zero-order valence-electron chi connectivity index (χ0n) is 19.7. The predicted octanol–water partition coefficient (Wildman–Crippen LogP) is 1.82. The molecule has 0 radical (unpaired) electrons. The molecule has 0 aliphatic rings.